The molecule has 1 heterocycles. The summed E-state index contributed by atoms with van der Waals surface area (Å²) in [6, 6.07) is 7.29. The fourth-order valence-corrected chi connectivity index (χ4v) is 2.00. The zero-order valence-corrected chi connectivity index (χ0v) is 9.77. The van der Waals surface area contributed by atoms with Gasteiger partial charge in [-0.2, -0.15) is 0 Å². The number of benzene rings is 1. The highest BCUT2D eigenvalue weighted by atomic mass is 16.5. The highest BCUT2D eigenvalue weighted by molar-refractivity contribution is 5.93. The second-order valence-electron chi connectivity index (χ2n) is 4.19. The minimum absolute atomic E-state index is 0.00386. The molecule has 2 atom stereocenters. The van der Waals surface area contributed by atoms with Gasteiger partial charge in [-0.1, -0.05) is 12.0 Å². The van der Waals surface area contributed by atoms with E-state index in [2.05, 4.69) is 11.2 Å². The summed E-state index contributed by atoms with van der Waals surface area (Å²) in [6.07, 6.45) is 6.08. The molecule has 1 amide bonds. The van der Waals surface area contributed by atoms with Gasteiger partial charge in [-0.15, -0.1) is 6.42 Å². The number of rotatable bonds is 2. The fourth-order valence-electron chi connectivity index (χ4n) is 2.00. The molecular weight excluding hydrogens is 214 g/mol. The Morgan fingerprint density at radius 3 is 3.06 bits per heavy atom. The first-order valence-corrected chi connectivity index (χ1v) is 5.70. The van der Waals surface area contributed by atoms with Gasteiger partial charge in [-0.25, -0.2) is 0 Å². The maximum absolute atomic E-state index is 12.0. The number of nitrogens with one attached hydrogen (secondary N) is 1. The van der Waals surface area contributed by atoms with E-state index >= 15 is 0 Å². The number of carbonyl (C=O) groups is 1. The van der Waals surface area contributed by atoms with E-state index in [4.69, 9.17) is 11.2 Å². The molecule has 0 bridgehead atoms. The lowest BCUT2D eigenvalue weighted by Crippen LogP contribution is -2.27. The van der Waals surface area contributed by atoms with Crippen molar-refractivity contribution in [2.75, 3.05) is 11.9 Å². The normalized spacial score (nSPS) is 23.1. The van der Waals surface area contributed by atoms with Gasteiger partial charge in [0.15, 0.2) is 0 Å². The smallest absolute Gasteiger partial charge is 0.230 e. The average molecular weight is 229 g/mol. The zero-order valence-electron chi connectivity index (χ0n) is 9.77. The van der Waals surface area contributed by atoms with Gasteiger partial charge in [0.2, 0.25) is 5.91 Å². The van der Waals surface area contributed by atoms with Crippen molar-refractivity contribution in [3.05, 3.63) is 29.8 Å². The van der Waals surface area contributed by atoms with E-state index in [-0.39, 0.29) is 17.9 Å². The van der Waals surface area contributed by atoms with Crippen LogP contribution in [-0.4, -0.2) is 18.6 Å². The first-order chi connectivity index (χ1) is 8.20. The first kappa shape index (κ1) is 11.7. The van der Waals surface area contributed by atoms with Crippen LogP contribution in [0.25, 0.3) is 0 Å². The molecule has 3 heteroatoms. The van der Waals surface area contributed by atoms with Crippen LogP contribution >= 0.6 is 0 Å². The Balaban J connectivity index is 2.05. The van der Waals surface area contributed by atoms with Crippen LogP contribution < -0.4 is 5.32 Å². The molecule has 1 saturated heterocycles. The number of amides is 1. The van der Waals surface area contributed by atoms with E-state index in [1.807, 2.05) is 25.1 Å². The predicted octanol–water partition coefficient (Wildman–Crippen LogP) is 2.03. The zero-order chi connectivity index (χ0) is 12.3. The van der Waals surface area contributed by atoms with Crippen molar-refractivity contribution in [1.82, 2.24) is 0 Å². The van der Waals surface area contributed by atoms with E-state index in [1.165, 1.54) is 0 Å². The van der Waals surface area contributed by atoms with Gasteiger partial charge in [0.1, 0.15) is 0 Å². The summed E-state index contributed by atoms with van der Waals surface area (Å²) in [5.74, 6) is 2.48. The van der Waals surface area contributed by atoms with Crippen molar-refractivity contribution >= 4 is 11.6 Å². The number of carbonyl (C=O) groups excluding carboxylic acids is 1. The summed E-state index contributed by atoms with van der Waals surface area (Å²) in [5.41, 5.74) is 1.50. The molecule has 1 fully saturated rings. The maximum atomic E-state index is 12.0. The first-order valence-electron chi connectivity index (χ1n) is 5.70. The number of hydrogen-bond donors (Lipinski definition) is 1. The minimum Gasteiger partial charge on any atom is -0.378 e. The molecule has 2 rings (SSSR count). The SMILES string of the molecule is C#Cc1cccc(NC(=O)C2CCOC2C)c1. The monoisotopic (exact) mass is 229 g/mol. The Kier molecular flexibility index (Phi) is 3.46. The third-order valence-corrected chi connectivity index (χ3v) is 3.01. The third kappa shape index (κ3) is 2.66. The fraction of sp³-hybridized carbons (Fsp3) is 0.357. The predicted molar refractivity (Wildman–Crippen MR) is 66.5 cm³/mol. The Hall–Kier alpha value is -1.79. The molecular formula is C14H15NO2. The quantitative estimate of drug-likeness (QED) is 0.788. The third-order valence-electron chi connectivity index (χ3n) is 3.01. The van der Waals surface area contributed by atoms with Gasteiger partial charge in [0.25, 0.3) is 0 Å². The van der Waals surface area contributed by atoms with E-state index in [1.54, 1.807) is 6.07 Å². The summed E-state index contributed by atoms with van der Waals surface area (Å²) in [6.45, 7) is 2.58. The molecule has 3 nitrogen and oxygen atoms in total. The van der Waals surface area contributed by atoms with Crippen molar-refractivity contribution in [2.24, 2.45) is 5.92 Å². The highest BCUT2D eigenvalue weighted by Gasteiger charge is 2.30. The van der Waals surface area contributed by atoms with Crippen molar-refractivity contribution in [3.63, 3.8) is 0 Å². The number of terminal acetylenes is 1. The summed E-state index contributed by atoms with van der Waals surface area (Å²) >= 11 is 0. The van der Waals surface area contributed by atoms with Crippen molar-refractivity contribution < 1.29 is 9.53 Å². The van der Waals surface area contributed by atoms with Crippen molar-refractivity contribution in [3.8, 4) is 12.3 Å². The van der Waals surface area contributed by atoms with Gasteiger partial charge in [0, 0.05) is 17.9 Å². The van der Waals surface area contributed by atoms with Gasteiger partial charge < -0.3 is 10.1 Å². The maximum Gasteiger partial charge on any atom is 0.230 e. The van der Waals surface area contributed by atoms with E-state index in [0.29, 0.717) is 6.61 Å². The van der Waals surface area contributed by atoms with E-state index in [0.717, 1.165) is 17.7 Å². The van der Waals surface area contributed by atoms with Crippen LogP contribution in [0.4, 0.5) is 5.69 Å². The molecule has 0 spiro atoms. The molecule has 0 aromatic heterocycles. The Labute approximate surface area is 101 Å². The summed E-state index contributed by atoms with van der Waals surface area (Å²) in [7, 11) is 0. The number of ether oxygens (including phenoxy) is 1. The standard InChI is InChI=1S/C14H15NO2/c1-3-11-5-4-6-12(9-11)15-14(16)13-7-8-17-10(13)2/h1,4-6,9-10,13H,7-8H2,2H3,(H,15,16). The van der Waals surface area contributed by atoms with Crippen LogP contribution in [0.15, 0.2) is 24.3 Å². The molecule has 2 unspecified atom stereocenters. The average Bonchev–Trinajstić information content (AvgIpc) is 2.76. The molecule has 1 aliphatic rings. The van der Waals surface area contributed by atoms with Crippen LogP contribution in [0.2, 0.25) is 0 Å². The molecule has 1 aliphatic heterocycles. The second kappa shape index (κ2) is 5.03. The van der Waals surface area contributed by atoms with Crippen LogP contribution in [0.1, 0.15) is 18.9 Å². The Bertz CT molecular complexity index is 462. The van der Waals surface area contributed by atoms with Gasteiger partial charge in [-0.3, -0.25) is 4.79 Å². The number of hydrogen-bond acceptors (Lipinski definition) is 2. The summed E-state index contributed by atoms with van der Waals surface area (Å²) in [4.78, 5) is 12.0. The van der Waals surface area contributed by atoms with Crippen LogP contribution in [-0.2, 0) is 9.53 Å². The van der Waals surface area contributed by atoms with E-state index < -0.39 is 0 Å². The van der Waals surface area contributed by atoms with Crippen LogP contribution in [0.3, 0.4) is 0 Å². The Morgan fingerprint density at radius 2 is 2.41 bits per heavy atom. The van der Waals surface area contributed by atoms with Gasteiger partial charge in [-0.05, 0) is 31.5 Å². The van der Waals surface area contributed by atoms with Gasteiger partial charge in [0.05, 0.1) is 12.0 Å². The lowest BCUT2D eigenvalue weighted by Gasteiger charge is -2.14. The Morgan fingerprint density at radius 1 is 1.59 bits per heavy atom. The molecule has 1 aromatic carbocycles. The van der Waals surface area contributed by atoms with Crippen LogP contribution in [0, 0.1) is 18.3 Å². The number of anilines is 1. The highest BCUT2D eigenvalue weighted by Crippen LogP contribution is 2.22. The van der Waals surface area contributed by atoms with Crippen molar-refractivity contribution in [1.29, 1.82) is 0 Å². The molecule has 1 aromatic rings. The lowest BCUT2D eigenvalue weighted by molar-refractivity contribution is -0.121. The minimum atomic E-state index is -0.0653. The van der Waals surface area contributed by atoms with Crippen LogP contribution in [0.5, 0.6) is 0 Å². The lowest BCUT2D eigenvalue weighted by atomic mass is 10.0. The molecule has 1 N–H and O–H groups in total. The molecule has 0 radical (unpaired) electrons. The topological polar surface area (TPSA) is 38.3 Å². The van der Waals surface area contributed by atoms with Crippen molar-refractivity contribution in [2.45, 2.75) is 19.4 Å². The largest absolute Gasteiger partial charge is 0.378 e. The molecule has 0 saturated carbocycles. The summed E-state index contributed by atoms with van der Waals surface area (Å²) < 4.78 is 5.38. The molecule has 17 heavy (non-hydrogen) atoms. The molecule has 88 valence electrons. The van der Waals surface area contributed by atoms with E-state index in [9.17, 15) is 4.79 Å². The second-order valence-corrected chi connectivity index (χ2v) is 4.19. The molecule has 0 aliphatic carbocycles. The van der Waals surface area contributed by atoms with Gasteiger partial charge >= 0.3 is 0 Å². The summed E-state index contributed by atoms with van der Waals surface area (Å²) in [5, 5.41) is 2.87.